The number of hydrogen-bond acceptors (Lipinski definition) is 5. The van der Waals surface area contributed by atoms with Gasteiger partial charge in [0.25, 0.3) is 0 Å². The standard InChI is InChI=1S/C11H27N3O2/c1-12-4-8-15-9-5-13-6-10-16-11-7-14(2)3/h12-13H,4-11H2,1-3H3. The molecule has 0 unspecified atom stereocenters. The molecule has 0 aliphatic rings. The molecular weight excluding hydrogens is 206 g/mol. The Balaban J connectivity index is 2.88. The molecule has 2 N–H and O–H groups in total. The Morgan fingerprint density at radius 3 is 2.00 bits per heavy atom. The van der Waals surface area contributed by atoms with Gasteiger partial charge in [0.15, 0.2) is 0 Å². The molecule has 0 saturated carbocycles. The third kappa shape index (κ3) is 13.8. The monoisotopic (exact) mass is 233 g/mol. The Bertz CT molecular complexity index is 134. The van der Waals surface area contributed by atoms with Crippen molar-refractivity contribution in [3.8, 4) is 0 Å². The van der Waals surface area contributed by atoms with Crippen molar-refractivity contribution in [3.63, 3.8) is 0 Å². The van der Waals surface area contributed by atoms with Crippen LogP contribution in [0, 0.1) is 0 Å². The molecule has 5 nitrogen and oxygen atoms in total. The fourth-order valence-corrected chi connectivity index (χ4v) is 1.04. The van der Waals surface area contributed by atoms with E-state index in [0.29, 0.717) is 0 Å². The fraction of sp³-hybridized carbons (Fsp3) is 1.00. The second-order valence-corrected chi connectivity index (χ2v) is 3.88. The van der Waals surface area contributed by atoms with E-state index in [9.17, 15) is 0 Å². The van der Waals surface area contributed by atoms with E-state index >= 15 is 0 Å². The minimum Gasteiger partial charge on any atom is -0.379 e. The number of nitrogens with one attached hydrogen (secondary N) is 2. The molecule has 5 heteroatoms. The molecule has 0 fully saturated rings. The first-order valence-electron chi connectivity index (χ1n) is 5.93. The first-order valence-corrected chi connectivity index (χ1v) is 5.93. The van der Waals surface area contributed by atoms with Crippen molar-refractivity contribution in [3.05, 3.63) is 0 Å². The van der Waals surface area contributed by atoms with Gasteiger partial charge >= 0.3 is 0 Å². The molecule has 0 atom stereocenters. The fourth-order valence-electron chi connectivity index (χ4n) is 1.04. The number of hydrogen-bond donors (Lipinski definition) is 2. The topological polar surface area (TPSA) is 45.8 Å². The first-order chi connectivity index (χ1) is 7.77. The van der Waals surface area contributed by atoms with Crippen LogP contribution in [0.3, 0.4) is 0 Å². The van der Waals surface area contributed by atoms with Crippen LogP contribution >= 0.6 is 0 Å². The van der Waals surface area contributed by atoms with Gasteiger partial charge in [-0.25, -0.2) is 0 Å². The van der Waals surface area contributed by atoms with Gasteiger partial charge in [-0.3, -0.25) is 0 Å². The van der Waals surface area contributed by atoms with Crippen molar-refractivity contribution in [2.75, 3.05) is 73.7 Å². The van der Waals surface area contributed by atoms with Crippen LogP contribution in [0.5, 0.6) is 0 Å². The summed E-state index contributed by atoms with van der Waals surface area (Å²) in [5.74, 6) is 0. The van der Waals surface area contributed by atoms with E-state index in [2.05, 4.69) is 15.5 Å². The molecule has 0 amide bonds. The van der Waals surface area contributed by atoms with E-state index in [1.54, 1.807) is 0 Å². The van der Waals surface area contributed by atoms with E-state index in [-0.39, 0.29) is 0 Å². The lowest BCUT2D eigenvalue weighted by atomic mass is 10.6. The maximum Gasteiger partial charge on any atom is 0.0593 e. The van der Waals surface area contributed by atoms with Crippen LogP contribution in [-0.2, 0) is 9.47 Å². The summed E-state index contributed by atoms with van der Waals surface area (Å²) < 4.78 is 10.8. The lowest BCUT2D eigenvalue weighted by Gasteiger charge is -2.10. The van der Waals surface area contributed by atoms with Crippen molar-refractivity contribution in [1.29, 1.82) is 0 Å². The third-order valence-corrected chi connectivity index (χ3v) is 2.03. The van der Waals surface area contributed by atoms with Gasteiger partial charge in [0.2, 0.25) is 0 Å². The van der Waals surface area contributed by atoms with E-state index in [0.717, 1.165) is 52.6 Å². The van der Waals surface area contributed by atoms with Gasteiger partial charge in [-0.15, -0.1) is 0 Å². The number of ether oxygens (including phenoxy) is 2. The Morgan fingerprint density at radius 1 is 0.875 bits per heavy atom. The van der Waals surface area contributed by atoms with Gasteiger partial charge in [0.05, 0.1) is 26.4 Å². The van der Waals surface area contributed by atoms with Crippen molar-refractivity contribution in [2.45, 2.75) is 0 Å². The minimum absolute atomic E-state index is 0.763. The normalized spacial score (nSPS) is 11.2. The molecule has 0 bridgehead atoms. The zero-order valence-electron chi connectivity index (χ0n) is 10.9. The number of nitrogens with zero attached hydrogens (tertiary/aromatic N) is 1. The van der Waals surface area contributed by atoms with Crippen molar-refractivity contribution in [1.82, 2.24) is 15.5 Å². The lowest BCUT2D eigenvalue weighted by Crippen LogP contribution is -2.26. The number of rotatable bonds is 12. The SMILES string of the molecule is CNCCOCCNCCOCCN(C)C. The maximum absolute atomic E-state index is 5.43. The van der Waals surface area contributed by atoms with Gasteiger partial charge in [-0.2, -0.15) is 0 Å². The second-order valence-electron chi connectivity index (χ2n) is 3.88. The van der Waals surface area contributed by atoms with Crippen molar-refractivity contribution >= 4 is 0 Å². The Labute approximate surface area is 99.5 Å². The molecular formula is C11H27N3O2. The molecule has 0 aromatic rings. The molecule has 0 aromatic carbocycles. The highest BCUT2D eigenvalue weighted by Crippen LogP contribution is 1.78. The summed E-state index contributed by atoms with van der Waals surface area (Å²) >= 11 is 0. The summed E-state index contributed by atoms with van der Waals surface area (Å²) in [5.41, 5.74) is 0. The summed E-state index contributed by atoms with van der Waals surface area (Å²) in [7, 11) is 6.01. The lowest BCUT2D eigenvalue weighted by molar-refractivity contribution is 0.112. The smallest absolute Gasteiger partial charge is 0.0593 e. The van der Waals surface area contributed by atoms with Gasteiger partial charge in [0.1, 0.15) is 0 Å². The van der Waals surface area contributed by atoms with E-state index in [1.807, 2.05) is 21.1 Å². The van der Waals surface area contributed by atoms with Crippen LogP contribution in [0.4, 0.5) is 0 Å². The first kappa shape index (κ1) is 15.8. The van der Waals surface area contributed by atoms with Crippen LogP contribution in [0.2, 0.25) is 0 Å². The molecule has 0 aliphatic carbocycles. The van der Waals surface area contributed by atoms with E-state index in [4.69, 9.17) is 9.47 Å². The van der Waals surface area contributed by atoms with Crippen LogP contribution in [-0.4, -0.2) is 78.6 Å². The maximum atomic E-state index is 5.43. The van der Waals surface area contributed by atoms with Gasteiger partial charge in [-0.1, -0.05) is 0 Å². The summed E-state index contributed by atoms with van der Waals surface area (Å²) in [4.78, 5) is 2.11. The van der Waals surface area contributed by atoms with Crippen LogP contribution in [0.15, 0.2) is 0 Å². The quantitative estimate of drug-likeness (QED) is 0.440. The predicted octanol–water partition coefficient (Wildman–Crippen LogP) is -0.610. The summed E-state index contributed by atoms with van der Waals surface area (Å²) in [5, 5.41) is 6.30. The highest BCUT2D eigenvalue weighted by Gasteiger charge is 1.91. The largest absolute Gasteiger partial charge is 0.379 e. The zero-order valence-corrected chi connectivity index (χ0v) is 10.9. The average molecular weight is 233 g/mol. The molecule has 0 rings (SSSR count). The molecule has 0 aliphatic heterocycles. The minimum atomic E-state index is 0.763. The van der Waals surface area contributed by atoms with E-state index < -0.39 is 0 Å². The zero-order chi connectivity index (χ0) is 12.1. The molecule has 0 saturated heterocycles. The average Bonchev–Trinajstić information content (AvgIpc) is 2.25. The molecule has 0 heterocycles. The molecule has 0 spiro atoms. The highest BCUT2D eigenvalue weighted by atomic mass is 16.5. The molecule has 98 valence electrons. The Kier molecular flexibility index (Phi) is 12.7. The van der Waals surface area contributed by atoms with Gasteiger partial charge in [-0.05, 0) is 21.1 Å². The molecule has 0 radical (unpaired) electrons. The Hall–Kier alpha value is -0.200. The van der Waals surface area contributed by atoms with Gasteiger partial charge in [0, 0.05) is 26.2 Å². The third-order valence-electron chi connectivity index (χ3n) is 2.03. The molecule has 16 heavy (non-hydrogen) atoms. The predicted molar refractivity (Wildman–Crippen MR) is 67.0 cm³/mol. The second kappa shape index (κ2) is 12.9. The van der Waals surface area contributed by atoms with Gasteiger partial charge < -0.3 is 25.0 Å². The van der Waals surface area contributed by atoms with Crippen LogP contribution < -0.4 is 10.6 Å². The van der Waals surface area contributed by atoms with Crippen molar-refractivity contribution < 1.29 is 9.47 Å². The summed E-state index contributed by atoms with van der Waals surface area (Å²) in [6, 6.07) is 0. The van der Waals surface area contributed by atoms with E-state index in [1.165, 1.54) is 0 Å². The summed E-state index contributed by atoms with van der Waals surface area (Å²) in [6.07, 6.45) is 0. The number of likely N-dealkylation sites (N-methyl/N-ethyl adjacent to an activating group) is 2. The molecule has 0 aromatic heterocycles. The van der Waals surface area contributed by atoms with Crippen LogP contribution in [0.25, 0.3) is 0 Å². The Morgan fingerprint density at radius 2 is 1.44 bits per heavy atom. The highest BCUT2D eigenvalue weighted by molar-refractivity contribution is 4.47. The van der Waals surface area contributed by atoms with Crippen molar-refractivity contribution in [2.24, 2.45) is 0 Å². The summed E-state index contributed by atoms with van der Waals surface area (Å²) in [6.45, 7) is 6.78. The van der Waals surface area contributed by atoms with Crippen LogP contribution in [0.1, 0.15) is 0 Å².